The molecule has 5 rings (SSSR count). The lowest BCUT2D eigenvalue weighted by Gasteiger charge is -2.17. The maximum absolute atomic E-state index is 11.1. The predicted molar refractivity (Wildman–Crippen MR) is 112 cm³/mol. The number of ether oxygens (including phenoxy) is 1. The third-order valence-electron chi connectivity index (χ3n) is 5.02. The van der Waals surface area contributed by atoms with Crippen LogP contribution in [0.4, 0.5) is 0 Å². The third-order valence-corrected chi connectivity index (χ3v) is 6.30. The van der Waals surface area contributed by atoms with Gasteiger partial charge in [-0.2, -0.15) is 0 Å². The molecule has 8 nitrogen and oxygen atoms in total. The van der Waals surface area contributed by atoms with E-state index >= 15 is 0 Å². The zero-order chi connectivity index (χ0) is 20.9. The maximum Gasteiger partial charge on any atom is 0.141 e. The molecule has 0 radical (unpaired) electrons. The molecule has 0 aliphatic heterocycles. The van der Waals surface area contributed by atoms with E-state index in [0.717, 1.165) is 29.1 Å². The number of aromatic nitrogens is 5. The first-order valence-corrected chi connectivity index (χ1v) is 10.7. The van der Waals surface area contributed by atoms with Gasteiger partial charge in [-0.05, 0) is 56.9 Å². The van der Waals surface area contributed by atoms with Gasteiger partial charge in [-0.15, -0.1) is 16.4 Å². The van der Waals surface area contributed by atoms with Crippen molar-refractivity contribution in [3.05, 3.63) is 59.3 Å². The van der Waals surface area contributed by atoms with Crippen LogP contribution in [0.1, 0.15) is 55.0 Å². The van der Waals surface area contributed by atoms with Crippen LogP contribution in [0.2, 0.25) is 0 Å². The summed E-state index contributed by atoms with van der Waals surface area (Å²) in [6, 6.07) is 7.35. The van der Waals surface area contributed by atoms with Gasteiger partial charge in [0.05, 0.1) is 29.4 Å². The summed E-state index contributed by atoms with van der Waals surface area (Å²) in [6.07, 6.45) is 6.76. The highest BCUT2D eigenvalue weighted by Gasteiger charge is 2.33. The standard InChI is InChI=1S/C21H23N5O3S/c1-21(2,28)11-29-15-7-5-14(6-8-15)26-10-16(23-24-26)19(27)18-20(13-3-4-13)30-17-9-22-12-25(17)18/h5-10,12-13,19,27-28H,3-4,11H2,1-2H3. The van der Waals surface area contributed by atoms with E-state index < -0.39 is 11.7 Å². The van der Waals surface area contributed by atoms with Crippen molar-refractivity contribution in [1.82, 2.24) is 24.4 Å². The van der Waals surface area contributed by atoms with Crippen LogP contribution in [-0.2, 0) is 0 Å². The van der Waals surface area contributed by atoms with Gasteiger partial charge in [-0.25, -0.2) is 9.67 Å². The summed E-state index contributed by atoms with van der Waals surface area (Å²) in [5, 5.41) is 29.3. The summed E-state index contributed by atoms with van der Waals surface area (Å²) in [5.74, 6) is 1.18. The van der Waals surface area contributed by atoms with Gasteiger partial charge >= 0.3 is 0 Å². The Hall–Kier alpha value is -2.75. The number of hydrogen-bond acceptors (Lipinski definition) is 7. The highest BCUT2D eigenvalue weighted by Crippen LogP contribution is 2.47. The molecule has 2 N–H and O–H groups in total. The second kappa shape index (κ2) is 7.19. The molecule has 1 atom stereocenters. The fraction of sp³-hybridized carbons (Fsp3) is 0.381. The van der Waals surface area contributed by atoms with E-state index in [9.17, 15) is 10.2 Å². The largest absolute Gasteiger partial charge is 0.491 e. The topological polar surface area (TPSA) is 97.7 Å². The molecule has 3 aromatic heterocycles. The van der Waals surface area contributed by atoms with Crippen LogP contribution < -0.4 is 4.74 Å². The van der Waals surface area contributed by atoms with E-state index in [1.54, 1.807) is 42.4 Å². The number of fused-ring (bicyclic) bond motifs is 1. The van der Waals surface area contributed by atoms with E-state index in [-0.39, 0.29) is 6.61 Å². The minimum atomic E-state index is -0.892. The van der Waals surface area contributed by atoms with Gasteiger partial charge in [0.15, 0.2) is 0 Å². The Balaban J connectivity index is 1.38. The molecule has 1 unspecified atom stereocenters. The minimum absolute atomic E-state index is 0.207. The summed E-state index contributed by atoms with van der Waals surface area (Å²) < 4.78 is 9.17. The Morgan fingerprint density at radius 2 is 2.03 bits per heavy atom. The van der Waals surface area contributed by atoms with Crippen molar-refractivity contribution in [2.24, 2.45) is 0 Å². The van der Waals surface area contributed by atoms with Crippen molar-refractivity contribution in [3.8, 4) is 11.4 Å². The highest BCUT2D eigenvalue weighted by molar-refractivity contribution is 7.17. The third kappa shape index (κ3) is 3.71. The predicted octanol–water partition coefficient (Wildman–Crippen LogP) is 3.09. The molecule has 1 aromatic carbocycles. The molecule has 1 aliphatic carbocycles. The molecule has 156 valence electrons. The second-order valence-corrected chi connectivity index (χ2v) is 9.38. The number of rotatable bonds is 7. The van der Waals surface area contributed by atoms with Gasteiger partial charge in [-0.3, -0.25) is 4.40 Å². The van der Waals surface area contributed by atoms with Crippen LogP contribution in [0.5, 0.6) is 5.75 Å². The first-order valence-electron chi connectivity index (χ1n) is 9.89. The van der Waals surface area contributed by atoms with Crippen molar-refractivity contribution >= 4 is 16.2 Å². The fourth-order valence-corrected chi connectivity index (χ4v) is 4.65. The summed E-state index contributed by atoms with van der Waals surface area (Å²) in [6.45, 7) is 3.60. The molecule has 0 spiro atoms. The molecular formula is C21H23N5O3S. The molecule has 9 heteroatoms. The average molecular weight is 426 g/mol. The Labute approximate surface area is 177 Å². The number of aliphatic hydroxyl groups is 2. The maximum atomic E-state index is 11.1. The molecule has 3 heterocycles. The lowest BCUT2D eigenvalue weighted by molar-refractivity contribution is 0.0285. The summed E-state index contributed by atoms with van der Waals surface area (Å²) in [4.78, 5) is 6.44. The van der Waals surface area contributed by atoms with Crippen molar-refractivity contribution < 1.29 is 14.9 Å². The van der Waals surface area contributed by atoms with Gasteiger partial charge in [0.25, 0.3) is 0 Å². The first kappa shape index (κ1) is 19.2. The molecule has 1 fully saturated rings. The molecule has 0 bridgehead atoms. The Bertz CT molecular complexity index is 1170. The van der Waals surface area contributed by atoms with Crippen molar-refractivity contribution in [3.63, 3.8) is 0 Å². The van der Waals surface area contributed by atoms with Gasteiger partial charge in [0.2, 0.25) is 0 Å². The van der Waals surface area contributed by atoms with Crippen molar-refractivity contribution in [2.45, 2.75) is 44.3 Å². The van der Waals surface area contributed by atoms with Crippen molar-refractivity contribution in [1.29, 1.82) is 0 Å². The van der Waals surface area contributed by atoms with Crippen molar-refractivity contribution in [2.75, 3.05) is 6.61 Å². The average Bonchev–Trinajstić information content (AvgIpc) is 3.13. The van der Waals surface area contributed by atoms with E-state index in [4.69, 9.17) is 4.74 Å². The van der Waals surface area contributed by atoms with Crippen LogP contribution in [0, 0.1) is 0 Å². The van der Waals surface area contributed by atoms with E-state index in [1.165, 1.54) is 4.88 Å². The quantitative estimate of drug-likeness (QED) is 0.472. The Morgan fingerprint density at radius 3 is 2.73 bits per heavy atom. The van der Waals surface area contributed by atoms with E-state index in [0.29, 0.717) is 17.4 Å². The van der Waals surface area contributed by atoms with Crippen LogP contribution in [0.15, 0.2) is 43.0 Å². The number of hydrogen-bond donors (Lipinski definition) is 2. The smallest absolute Gasteiger partial charge is 0.141 e. The Kier molecular flexibility index (Phi) is 4.61. The lowest BCUT2D eigenvalue weighted by Crippen LogP contribution is -2.27. The molecule has 1 saturated carbocycles. The number of imidazole rings is 1. The van der Waals surface area contributed by atoms with Gasteiger partial charge in [-0.1, -0.05) is 5.21 Å². The second-order valence-electron chi connectivity index (χ2n) is 8.31. The van der Waals surface area contributed by atoms with Gasteiger partial charge < -0.3 is 14.9 Å². The normalized spacial score (nSPS) is 15.6. The van der Waals surface area contributed by atoms with E-state index in [2.05, 4.69) is 15.3 Å². The van der Waals surface area contributed by atoms with Crippen LogP contribution in [-0.4, -0.2) is 46.8 Å². The number of thiazole rings is 1. The lowest BCUT2D eigenvalue weighted by atomic mass is 10.1. The molecular weight excluding hydrogens is 402 g/mol. The number of benzene rings is 1. The van der Waals surface area contributed by atoms with Gasteiger partial charge in [0.1, 0.15) is 35.3 Å². The zero-order valence-corrected chi connectivity index (χ0v) is 17.6. The van der Waals surface area contributed by atoms with Crippen LogP contribution in [0.3, 0.4) is 0 Å². The monoisotopic (exact) mass is 425 g/mol. The number of aliphatic hydroxyl groups excluding tert-OH is 1. The first-order chi connectivity index (χ1) is 14.4. The number of nitrogens with zero attached hydrogens (tertiary/aromatic N) is 5. The van der Waals surface area contributed by atoms with Crippen LogP contribution in [0.25, 0.3) is 10.5 Å². The van der Waals surface area contributed by atoms with Crippen LogP contribution >= 0.6 is 11.3 Å². The van der Waals surface area contributed by atoms with Gasteiger partial charge in [0, 0.05) is 4.88 Å². The highest BCUT2D eigenvalue weighted by atomic mass is 32.1. The van der Waals surface area contributed by atoms with E-state index in [1.807, 2.05) is 34.9 Å². The molecule has 0 saturated heterocycles. The molecule has 4 aromatic rings. The molecule has 1 aliphatic rings. The minimum Gasteiger partial charge on any atom is -0.491 e. The summed E-state index contributed by atoms with van der Waals surface area (Å²) >= 11 is 1.69. The SMILES string of the molecule is CC(C)(O)COc1ccc(-n2cc(C(O)c3c(C4CC4)sc4cncn34)nn2)cc1. The zero-order valence-electron chi connectivity index (χ0n) is 16.8. The summed E-state index contributed by atoms with van der Waals surface area (Å²) in [7, 11) is 0. The summed E-state index contributed by atoms with van der Waals surface area (Å²) in [5.41, 5.74) is 1.25. The molecule has 0 amide bonds. The Morgan fingerprint density at radius 1 is 1.27 bits per heavy atom. The molecule has 30 heavy (non-hydrogen) atoms. The fourth-order valence-electron chi connectivity index (χ4n) is 3.35.